The van der Waals surface area contributed by atoms with Gasteiger partial charge in [-0.15, -0.1) is 0 Å². The minimum absolute atomic E-state index is 0.242. The maximum absolute atomic E-state index is 11.8. The average molecular weight is 298 g/mol. The number of piperidine rings is 1. The highest BCUT2D eigenvalue weighted by Gasteiger charge is 2.19. The molecule has 2 N–H and O–H groups in total. The lowest BCUT2D eigenvalue weighted by Crippen LogP contribution is -2.44. The van der Waals surface area contributed by atoms with Gasteiger partial charge < -0.3 is 15.3 Å². The first-order valence-electron chi connectivity index (χ1n) is 8.88. The number of unbranched alkanes of at least 4 members (excludes halogenated alkanes) is 5. The molecule has 1 fully saturated rings. The molecular weight excluding hydrogens is 264 g/mol. The molecule has 0 aromatic carbocycles. The monoisotopic (exact) mass is 298 g/mol. The number of hydrogen-bond donors (Lipinski definition) is 2. The lowest BCUT2D eigenvalue weighted by atomic mass is 10.0. The molecule has 0 aliphatic carbocycles. The molecule has 4 nitrogen and oxygen atoms in total. The number of carbonyl (C=O) groups excluding carboxylic acids is 1. The fourth-order valence-corrected chi connectivity index (χ4v) is 2.94. The summed E-state index contributed by atoms with van der Waals surface area (Å²) in [5.41, 5.74) is 0. The van der Waals surface area contributed by atoms with Crippen LogP contribution in [0.25, 0.3) is 0 Å². The maximum atomic E-state index is 11.8. The highest BCUT2D eigenvalue weighted by atomic mass is 16.2. The third kappa shape index (κ3) is 9.10. The van der Waals surface area contributed by atoms with Crippen LogP contribution < -0.4 is 5.32 Å². The molecule has 124 valence electrons. The second kappa shape index (κ2) is 12.0. The average Bonchev–Trinajstić information content (AvgIpc) is 2.49. The van der Waals surface area contributed by atoms with Crippen molar-refractivity contribution < 1.29 is 9.90 Å². The van der Waals surface area contributed by atoms with E-state index >= 15 is 0 Å². The van der Waals surface area contributed by atoms with E-state index in [1.807, 2.05) is 0 Å². The van der Waals surface area contributed by atoms with Crippen LogP contribution in [0.2, 0.25) is 0 Å². The fourth-order valence-electron chi connectivity index (χ4n) is 2.94. The predicted molar refractivity (Wildman–Crippen MR) is 87.3 cm³/mol. The van der Waals surface area contributed by atoms with Gasteiger partial charge in [0.1, 0.15) is 0 Å². The number of carbonyl (C=O) groups is 1. The van der Waals surface area contributed by atoms with Crippen molar-refractivity contribution in [3.8, 4) is 0 Å². The number of hydrogen-bond acceptors (Lipinski definition) is 3. The standard InChI is InChI=1S/C17H34N2O2/c1-2-3-6-9-17(21)18-16-10-13-19(14-11-16)12-7-4-5-8-15-20/h16,20H,2-15H2,1H3,(H,18,21). The predicted octanol–water partition coefficient (Wildman–Crippen LogP) is 2.70. The van der Waals surface area contributed by atoms with Crippen LogP contribution in [0.5, 0.6) is 0 Å². The smallest absolute Gasteiger partial charge is 0.220 e. The molecule has 1 saturated heterocycles. The summed E-state index contributed by atoms with van der Waals surface area (Å²) in [7, 11) is 0. The molecule has 1 aliphatic heterocycles. The molecule has 0 radical (unpaired) electrons. The number of amides is 1. The summed E-state index contributed by atoms with van der Waals surface area (Å²) >= 11 is 0. The molecule has 0 bridgehead atoms. The van der Waals surface area contributed by atoms with Crippen molar-refractivity contribution in [1.29, 1.82) is 0 Å². The van der Waals surface area contributed by atoms with Gasteiger partial charge in [-0.1, -0.05) is 32.6 Å². The number of likely N-dealkylation sites (tertiary alicyclic amines) is 1. The van der Waals surface area contributed by atoms with E-state index in [0.717, 1.165) is 51.6 Å². The Morgan fingerprint density at radius 3 is 2.48 bits per heavy atom. The van der Waals surface area contributed by atoms with E-state index in [4.69, 9.17) is 5.11 Å². The van der Waals surface area contributed by atoms with Crippen LogP contribution in [0.4, 0.5) is 0 Å². The minimum Gasteiger partial charge on any atom is -0.396 e. The molecule has 0 atom stereocenters. The van der Waals surface area contributed by atoms with Crippen molar-refractivity contribution in [2.75, 3.05) is 26.2 Å². The van der Waals surface area contributed by atoms with E-state index < -0.39 is 0 Å². The zero-order valence-electron chi connectivity index (χ0n) is 13.8. The van der Waals surface area contributed by atoms with Gasteiger partial charge in [0.2, 0.25) is 5.91 Å². The molecule has 0 aromatic rings. The minimum atomic E-state index is 0.242. The van der Waals surface area contributed by atoms with Gasteiger partial charge in [0.25, 0.3) is 0 Å². The first-order chi connectivity index (χ1) is 10.3. The van der Waals surface area contributed by atoms with Crippen LogP contribution >= 0.6 is 0 Å². The third-order valence-electron chi connectivity index (χ3n) is 4.34. The first-order valence-corrected chi connectivity index (χ1v) is 8.88. The fraction of sp³-hybridized carbons (Fsp3) is 0.941. The molecule has 1 aliphatic rings. The Bertz CT molecular complexity index is 264. The van der Waals surface area contributed by atoms with E-state index in [0.29, 0.717) is 19.1 Å². The van der Waals surface area contributed by atoms with E-state index in [1.165, 1.54) is 25.8 Å². The number of nitrogens with zero attached hydrogens (tertiary/aromatic N) is 1. The van der Waals surface area contributed by atoms with Crippen LogP contribution in [-0.4, -0.2) is 48.2 Å². The molecule has 0 spiro atoms. The van der Waals surface area contributed by atoms with E-state index in [2.05, 4.69) is 17.1 Å². The van der Waals surface area contributed by atoms with Gasteiger partial charge in [0.05, 0.1) is 0 Å². The lowest BCUT2D eigenvalue weighted by molar-refractivity contribution is -0.122. The van der Waals surface area contributed by atoms with Crippen LogP contribution in [0.3, 0.4) is 0 Å². The van der Waals surface area contributed by atoms with E-state index in [9.17, 15) is 4.79 Å². The Labute approximate surface area is 130 Å². The Balaban J connectivity index is 2.02. The summed E-state index contributed by atoms with van der Waals surface area (Å²) in [6.45, 7) is 5.88. The SMILES string of the molecule is CCCCCC(=O)NC1CCN(CCCCCCO)CC1. The summed E-state index contributed by atoms with van der Waals surface area (Å²) < 4.78 is 0. The van der Waals surface area contributed by atoms with Crippen molar-refractivity contribution in [2.45, 2.75) is 77.2 Å². The highest BCUT2D eigenvalue weighted by Crippen LogP contribution is 2.12. The second-order valence-corrected chi connectivity index (χ2v) is 6.28. The van der Waals surface area contributed by atoms with Crippen molar-refractivity contribution in [2.24, 2.45) is 0 Å². The van der Waals surface area contributed by atoms with Crippen LogP contribution in [0, 0.1) is 0 Å². The van der Waals surface area contributed by atoms with Gasteiger partial charge >= 0.3 is 0 Å². The third-order valence-corrected chi connectivity index (χ3v) is 4.34. The summed E-state index contributed by atoms with van der Waals surface area (Å²) in [6.07, 6.45) is 10.8. The molecular formula is C17H34N2O2. The molecule has 1 rings (SSSR count). The molecule has 21 heavy (non-hydrogen) atoms. The second-order valence-electron chi connectivity index (χ2n) is 6.28. The Kier molecular flexibility index (Phi) is 10.5. The molecule has 0 aromatic heterocycles. The Morgan fingerprint density at radius 2 is 1.81 bits per heavy atom. The van der Waals surface area contributed by atoms with Gasteiger partial charge in [0.15, 0.2) is 0 Å². The molecule has 1 amide bonds. The lowest BCUT2D eigenvalue weighted by Gasteiger charge is -2.32. The first kappa shape index (κ1) is 18.4. The van der Waals surface area contributed by atoms with Crippen molar-refractivity contribution >= 4 is 5.91 Å². The van der Waals surface area contributed by atoms with Crippen molar-refractivity contribution in [3.05, 3.63) is 0 Å². The van der Waals surface area contributed by atoms with E-state index in [-0.39, 0.29) is 5.91 Å². The summed E-state index contributed by atoms with van der Waals surface area (Å²) in [6, 6.07) is 0.393. The normalized spacial score (nSPS) is 17.0. The van der Waals surface area contributed by atoms with Gasteiger partial charge in [0, 0.05) is 32.2 Å². The quantitative estimate of drug-likeness (QED) is 0.577. The molecule has 4 heteroatoms. The molecule has 1 heterocycles. The Hall–Kier alpha value is -0.610. The number of aliphatic hydroxyl groups excluding tert-OH is 1. The highest BCUT2D eigenvalue weighted by molar-refractivity contribution is 5.76. The number of rotatable bonds is 11. The molecule has 0 unspecified atom stereocenters. The van der Waals surface area contributed by atoms with Crippen LogP contribution in [-0.2, 0) is 4.79 Å². The zero-order chi connectivity index (χ0) is 15.3. The van der Waals surface area contributed by atoms with Crippen molar-refractivity contribution in [3.63, 3.8) is 0 Å². The zero-order valence-corrected chi connectivity index (χ0v) is 13.8. The number of nitrogens with one attached hydrogen (secondary N) is 1. The van der Waals surface area contributed by atoms with Crippen molar-refractivity contribution in [1.82, 2.24) is 10.2 Å². The van der Waals surface area contributed by atoms with Gasteiger partial charge in [-0.05, 0) is 38.6 Å². The van der Waals surface area contributed by atoms with Gasteiger partial charge in [-0.2, -0.15) is 0 Å². The topological polar surface area (TPSA) is 52.6 Å². The summed E-state index contributed by atoms with van der Waals surface area (Å²) in [5.74, 6) is 0.242. The van der Waals surface area contributed by atoms with Gasteiger partial charge in [-0.25, -0.2) is 0 Å². The van der Waals surface area contributed by atoms with Gasteiger partial charge in [-0.3, -0.25) is 4.79 Å². The van der Waals surface area contributed by atoms with E-state index in [1.54, 1.807) is 0 Å². The summed E-state index contributed by atoms with van der Waals surface area (Å²) in [4.78, 5) is 14.3. The maximum Gasteiger partial charge on any atom is 0.220 e. The largest absolute Gasteiger partial charge is 0.396 e. The number of aliphatic hydroxyl groups is 1. The molecule has 0 saturated carbocycles. The van der Waals surface area contributed by atoms with Crippen LogP contribution in [0.15, 0.2) is 0 Å². The summed E-state index contributed by atoms with van der Waals surface area (Å²) in [5, 5.41) is 11.9. The van der Waals surface area contributed by atoms with Crippen LogP contribution in [0.1, 0.15) is 71.1 Å². The Morgan fingerprint density at radius 1 is 1.10 bits per heavy atom.